The standard InChI is InChI=1S/C20H17N3O5S/c1-14-12-18(10-11-19(14)21-20(24)15-6-3-2-4-7-15)29(27,28)22-16-8-5-9-17(13-16)23(25)26/h2-13,22H,1H3,(H,21,24). The first-order valence-electron chi connectivity index (χ1n) is 8.50. The zero-order chi connectivity index (χ0) is 21.0. The van der Waals surface area contributed by atoms with Crippen molar-refractivity contribution >= 4 is 33.0 Å². The Balaban J connectivity index is 1.80. The number of nitrogens with one attached hydrogen (secondary N) is 2. The molecule has 3 aromatic rings. The normalized spacial score (nSPS) is 10.9. The highest BCUT2D eigenvalue weighted by atomic mass is 32.2. The predicted octanol–water partition coefficient (Wildman–Crippen LogP) is 3.96. The minimum absolute atomic E-state index is 0.0285. The summed E-state index contributed by atoms with van der Waals surface area (Å²) in [6.07, 6.45) is 0. The predicted molar refractivity (Wildman–Crippen MR) is 109 cm³/mol. The summed E-state index contributed by atoms with van der Waals surface area (Å²) < 4.78 is 27.6. The van der Waals surface area contributed by atoms with Crippen LogP contribution in [0.4, 0.5) is 17.1 Å². The van der Waals surface area contributed by atoms with Crippen molar-refractivity contribution < 1.29 is 18.1 Å². The van der Waals surface area contributed by atoms with Crippen LogP contribution in [0.2, 0.25) is 0 Å². The molecule has 0 aliphatic heterocycles. The zero-order valence-electron chi connectivity index (χ0n) is 15.3. The van der Waals surface area contributed by atoms with E-state index in [-0.39, 0.29) is 22.2 Å². The van der Waals surface area contributed by atoms with Crippen molar-refractivity contribution in [3.8, 4) is 0 Å². The molecule has 0 aliphatic rings. The number of non-ortho nitro benzene ring substituents is 1. The Bertz CT molecular complexity index is 1180. The molecular weight excluding hydrogens is 394 g/mol. The summed E-state index contributed by atoms with van der Waals surface area (Å²) in [4.78, 5) is 22.5. The van der Waals surface area contributed by atoms with E-state index in [1.54, 1.807) is 37.3 Å². The summed E-state index contributed by atoms with van der Waals surface area (Å²) in [6.45, 7) is 1.67. The molecule has 2 N–H and O–H groups in total. The van der Waals surface area contributed by atoms with E-state index in [1.165, 1.54) is 36.4 Å². The van der Waals surface area contributed by atoms with E-state index in [9.17, 15) is 23.3 Å². The van der Waals surface area contributed by atoms with Crippen LogP contribution in [0.25, 0.3) is 0 Å². The van der Waals surface area contributed by atoms with Crippen LogP contribution in [0, 0.1) is 17.0 Å². The van der Waals surface area contributed by atoms with Crippen LogP contribution in [0.5, 0.6) is 0 Å². The summed E-state index contributed by atoms with van der Waals surface area (Å²) >= 11 is 0. The number of benzene rings is 3. The van der Waals surface area contributed by atoms with Crippen LogP contribution >= 0.6 is 0 Å². The van der Waals surface area contributed by atoms with Crippen LogP contribution in [0.15, 0.2) is 77.7 Å². The number of nitrogens with zero attached hydrogens (tertiary/aromatic N) is 1. The molecule has 0 radical (unpaired) electrons. The van der Waals surface area contributed by atoms with Gasteiger partial charge in [-0.1, -0.05) is 24.3 Å². The molecule has 0 aromatic heterocycles. The molecule has 8 nitrogen and oxygen atoms in total. The van der Waals surface area contributed by atoms with Crippen LogP contribution in [0.1, 0.15) is 15.9 Å². The number of carbonyl (C=O) groups excluding carboxylic acids is 1. The molecule has 9 heteroatoms. The Kier molecular flexibility index (Phi) is 5.60. The van der Waals surface area contributed by atoms with Gasteiger partial charge in [0.15, 0.2) is 0 Å². The lowest BCUT2D eigenvalue weighted by atomic mass is 10.1. The molecule has 148 valence electrons. The number of anilines is 2. The highest BCUT2D eigenvalue weighted by molar-refractivity contribution is 7.92. The average molecular weight is 411 g/mol. The lowest BCUT2D eigenvalue weighted by molar-refractivity contribution is -0.384. The highest BCUT2D eigenvalue weighted by Crippen LogP contribution is 2.24. The third-order valence-electron chi connectivity index (χ3n) is 4.10. The quantitative estimate of drug-likeness (QED) is 0.470. The summed E-state index contributed by atoms with van der Waals surface area (Å²) in [5, 5.41) is 13.6. The Labute approximate surface area is 167 Å². The maximum absolute atomic E-state index is 12.6. The topological polar surface area (TPSA) is 118 Å². The van der Waals surface area contributed by atoms with Crippen LogP contribution < -0.4 is 10.0 Å². The van der Waals surface area contributed by atoms with Crippen molar-refractivity contribution in [3.05, 3.63) is 94.0 Å². The molecule has 0 saturated heterocycles. The molecule has 0 heterocycles. The molecule has 1 amide bonds. The molecule has 0 saturated carbocycles. The summed E-state index contributed by atoms with van der Waals surface area (Å²) in [5.41, 5.74) is 1.37. The van der Waals surface area contributed by atoms with Gasteiger partial charge in [0.05, 0.1) is 15.5 Å². The van der Waals surface area contributed by atoms with Gasteiger partial charge in [-0.3, -0.25) is 19.6 Å². The van der Waals surface area contributed by atoms with Gasteiger partial charge in [-0.25, -0.2) is 8.42 Å². The molecule has 0 unspecified atom stereocenters. The number of hydrogen-bond acceptors (Lipinski definition) is 5. The van der Waals surface area contributed by atoms with Crippen molar-refractivity contribution in [3.63, 3.8) is 0 Å². The first kappa shape index (κ1) is 20.0. The zero-order valence-corrected chi connectivity index (χ0v) is 16.1. The van der Waals surface area contributed by atoms with E-state index in [2.05, 4.69) is 10.0 Å². The van der Waals surface area contributed by atoms with Crippen molar-refractivity contribution in [2.45, 2.75) is 11.8 Å². The maximum Gasteiger partial charge on any atom is 0.271 e. The fourth-order valence-corrected chi connectivity index (χ4v) is 3.76. The molecular formula is C20H17N3O5S. The molecule has 0 fully saturated rings. The number of nitro benzene ring substituents is 1. The molecule has 0 aliphatic carbocycles. The van der Waals surface area contributed by atoms with Crippen molar-refractivity contribution in [1.29, 1.82) is 0 Å². The SMILES string of the molecule is Cc1cc(S(=O)(=O)Nc2cccc([N+](=O)[O-])c2)ccc1NC(=O)c1ccccc1. The smallest absolute Gasteiger partial charge is 0.271 e. The summed E-state index contributed by atoms with van der Waals surface area (Å²) in [6, 6.07) is 18.1. The van der Waals surface area contributed by atoms with Crippen LogP contribution in [-0.2, 0) is 10.0 Å². The van der Waals surface area contributed by atoms with E-state index in [4.69, 9.17) is 0 Å². The number of nitro groups is 1. The monoisotopic (exact) mass is 411 g/mol. The lowest BCUT2D eigenvalue weighted by Gasteiger charge is -2.12. The van der Waals surface area contributed by atoms with Crippen LogP contribution in [0.3, 0.4) is 0 Å². The minimum atomic E-state index is -3.96. The molecule has 0 atom stereocenters. The number of carbonyl (C=O) groups is 1. The number of rotatable bonds is 6. The number of aryl methyl sites for hydroxylation is 1. The van der Waals surface area contributed by atoms with Crippen molar-refractivity contribution in [1.82, 2.24) is 0 Å². The van der Waals surface area contributed by atoms with Gasteiger partial charge in [-0.05, 0) is 48.9 Å². The van der Waals surface area contributed by atoms with E-state index in [0.29, 0.717) is 16.8 Å². The van der Waals surface area contributed by atoms with Crippen molar-refractivity contribution in [2.75, 3.05) is 10.0 Å². The molecule has 3 aromatic carbocycles. The van der Waals surface area contributed by atoms with Gasteiger partial charge >= 0.3 is 0 Å². The number of amides is 1. The average Bonchev–Trinajstić information content (AvgIpc) is 2.70. The van der Waals surface area contributed by atoms with Gasteiger partial charge in [-0.2, -0.15) is 0 Å². The van der Waals surface area contributed by atoms with Gasteiger partial charge in [0, 0.05) is 23.4 Å². The van der Waals surface area contributed by atoms with E-state index >= 15 is 0 Å². The molecule has 3 rings (SSSR count). The summed E-state index contributed by atoms with van der Waals surface area (Å²) in [7, 11) is -3.96. The second-order valence-corrected chi connectivity index (χ2v) is 7.89. The van der Waals surface area contributed by atoms with Gasteiger partial charge in [0.1, 0.15) is 0 Å². The first-order chi connectivity index (χ1) is 13.8. The van der Waals surface area contributed by atoms with E-state index < -0.39 is 14.9 Å². The number of sulfonamides is 1. The first-order valence-corrected chi connectivity index (χ1v) is 9.99. The molecule has 0 spiro atoms. The van der Waals surface area contributed by atoms with Gasteiger partial charge in [-0.15, -0.1) is 0 Å². The molecule has 29 heavy (non-hydrogen) atoms. The molecule has 0 bridgehead atoms. The fourth-order valence-electron chi connectivity index (χ4n) is 2.62. The second-order valence-electron chi connectivity index (χ2n) is 6.21. The van der Waals surface area contributed by atoms with Crippen molar-refractivity contribution in [2.24, 2.45) is 0 Å². The van der Waals surface area contributed by atoms with E-state index in [1.807, 2.05) is 0 Å². The fraction of sp³-hybridized carbons (Fsp3) is 0.0500. The van der Waals surface area contributed by atoms with E-state index in [0.717, 1.165) is 6.07 Å². The lowest BCUT2D eigenvalue weighted by Crippen LogP contribution is -2.15. The Morgan fingerprint density at radius 2 is 1.69 bits per heavy atom. The second kappa shape index (κ2) is 8.11. The van der Waals surface area contributed by atoms with Crippen LogP contribution in [-0.4, -0.2) is 19.2 Å². The number of hydrogen-bond donors (Lipinski definition) is 2. The third-order valence-corrected chi connectivity index (χ3v) is 5.48. The third kappa shape index (κ3) is 4.77. The largest absolute Gasteiger partial charge is 0.322 e. The summed E-state index contributed by atoms with van der Waals surface area (Å²) in [5.74, 6) is -0.306. The minimum Gasteiger partial charge on any atom is -0.322 e. The Hall–Kier alpha value is -3.72. The van der Waals surface area contributed by atoms with Gasteiger partial charge in [0.25, 0.3) is 21.6 Å². The van der Waals surface area contributed by atoms with Gasteiger partial charge in [0.2, 0.25) is 0 Å². The Morgan fingerprint density at radius 3 is 2.34 bits per heavy atom. The maximum atomic E-state index is 12.6. The Morgan fingerprint density at radius 1 is 0.966 bits per heavy atom. The van der Waals surface area contributed by atoms with Gasteiger partial charge < -0.3 is 5.32 Å². The highest BCUT2D eigenvalue weighted by Gasteiger charge is 2.17.